The zero-order valence-electron chi connectivity index (χ0n) is 34.4. The van der Waals surface area contributed by atoms with Gasteiger partial charge in [0.2, 0.25) is 5.91 Å². The Bertz CT molecular complexity index is 2220. The molecule has 0 bridgehead atoms. The molecule has 17 heteroatoms. The number of aliphatic hydroxyl groups excluding tert-OH is 1. The van der Waals surface area contributed by atoms with Gasteiger partial charge in [-0.1, -0.05) is 15.9 Å². The number of halogens is 3. The van der Waals surface area contributed by atoms with Gasteiger partial charge in [0.05, 0.1) is 28.8 Å². The Labute approximate surface area is 362 Å². The van der Waals surface area contributed by atoms with Gasteiger partial charge in [-0.05, 0) is 124 Å². The van der Waals surface area contributed by atoms with E-state index in [-0.39, 0.29) is 46.8 Å². The molecule has 0 radical (unpaired) electrons. The monoisotopic (exact) mass is 905 g/mol. The molecule has 4 aliphatic rings. The van der Waals surface area contributed by atoms with E-state index in [0.717, 1.165) is 69.8 Å². The smallest absolute Gasteiger partial charge is 0.277 e. The Morgan fingerprint density at radius 2 is 1.66 bits per heavy atom. The van der Waals surface area contributed by atoms with Crippen molar-refractivity contribution < 1.29 is 33.1 Å². The predicted molar refractivity (Wildman–Crippen MR) is 230 cm³/mol. The fraction of sp³-hybridized carbons (Fsp3) is 0.523. The standard InChI is InChI=1S/C44H54BrF2N9O5/c1-53-26-49-42-36(53)23-33(41(40(42)47)50-35-4-2-31(45)22-34(35)46)44(60)52-61-25-39(58)56-18-9-28(10-19-56)20-27-7-14-54(15-8-27)24-29-11-16-55(17-12-29)37-21-30(6-13-48-37)32-3-5-38(57)51-43(32)59/h2,4,6,13,21-23,26-29,32,43,50,59H,3,5,7-12,14-20,24-25H2,1H3,(H,51,57)(H,52,60). The number of hydrogen-bond donors (Lipinski definition) is 4. The number of aromatic nitrogens is 3. The number of pyridine rings is 1. The summed E-state index contributed by atoms with van der Waals surface area (Å²) in [7, 11) is 1.67. The minimum Gasteiger partial charge on any atom is -0.373 e. The van der Waals surface area contributed by atoms with Crippen molar-refractivity contribution in [1.29, 1.82) is 0 Å². The third kappa shape index (κ3) is 10.2. The number of rotatable bonds is 12. The van der Waals surface area contributed by atoms with E-state index in [1.165, 1.54) is 43.8 Å². The van der Waals surface area contributed by atoms with E-state index >= 15 is 4.39 Å². The van der Waals surface area contributed by atoms with Gasteiger partial charge in [-0.3, -0.25) is 19.2 Å². The van der Waals surface area contributed by atoms with Crippen LogP contribution in [-0.4, -0.2) is 106 Å². The number of likely N-dealkylation sites (tertiary alicyclic amines) is 2. The van der Waals surface area contributed by atoms with Crippen LogP contribution in [0.1, 0.15) is 79.6 Å². The number of fused-ring (bicyclic) bond motifs is 1. The van der Waals surface area contributed by atoms with Crippen molar-refractivity contribution in [1.82, 2.24) is 35.1 Å². The number of hydroxylamine groups is 1. The van der Waals surface area contributed by atoms with Gasteiger partial charge in [-0.2, -0.15) is 0 Å². The lowest BCUT2D eigenvalue weighted by Gasteiger charge is -2.39. The summed E-state index contributed by atoms with van der Waals surface area (Å²) in [6.07, 6.45) is 11.1. The molecule has 0 aliphatic carbocycles. The van der Waals surface area contributed by atoms with Crippen molar-refractivity contribution in [3.05, 3.63) is 76.2 Å². The lowest BCUT2D eigenvalue weighted by atomic mass is 9.82. The first kappa shape index (κ1) is 43.0. The van der Waals surface area contributed by atoms with Crippen LogP contribution < -0.4 is 21.0 Å². The quantitative estimate of drug-likeness (QED) is 0.125. The average molecular weight is 907 g/mol. The fourth-order valence-electron chi connectivity index (χ4n) is 9.53. The van der Waals surface area contributed by atoms with Crippen LogP contribution in [0.3, 0.4) is 0 Å². The number of carbonyl (C=O) groups excluding carboxylic acids is 3. The first-order chi connectivity index (χ1) is 29.5. The first-order valence-corrected chi connectivity index (χ1v) is 22.2. The number of nitrogens with zero attached hydrogens (tertiary/aromatic N) is 6. The van der Waals surface area contributed by atoms with Gasteiger partial charge < -0.3 is 35.0 Å². The second-order valence-corrected chi connectivity index (χ2v) is 18.1. The lowest BCUT2D eigenvalue weighted by molar-refractivity contribution is -0.139. The fourth-order valence-corrected chi connectivity index (χ4v) is 9.87. The van der Waals surface area contributed by atoms with Crippen LogP contribution in [0, 0.1) is 29.4 Å². The molecular weight excluding hydrogens is 852 g/mol. The van der Waals surface area contributed by atoms with Crippen LogP contribution >= 0.6 is 15.9 Å². The molecule has 0 saturated carbocycles. The van der Waals surface area contributed by atoms with Crippen molar-refractivity contribution in [2.24, 2.45) is 24.8 Å². The van der Waals surface area contributed by atoms with Crippen LogP contribution in [0.25, 0.3) is 11.0 Å². The van der Waals surface area contributed by atoms with Gasteiger partial charge in [0.25, 0.3) is 11.8 Å². The van der Waals surface area contributed by atoms with Gasteiger partial charge in [-0.25, -0.2) is 24.2 Å². The maximum atomic E-state index is 15.7. The van der Waals surface area contributed by atoms with E-state index < -0.39 is 23.8 Å². The van der Waals surface area contributed by atoms with E-state index in [2.05, 4.69) is 57.9 Å². The summed E-state index contributed by atoms with van der Waals surface area (Å²) in [6, 6.07) is 9.72. The highest BCUT2D eigenvalue weighted by molar-refractivity contribution is 9.10. The zero-order chi connectivity index (χ0) is 42.6. The van der Waals surface area contributed by atoms with Gasteiger partial charge in [0, 0.05) is 62.8 Å². The molecule has 2 unspecified atom stereocenters. The predicted octanol–water partition coefficient (Wildman–Crippen LogP) is 5.98. The van der Waals surface area contributed by atoms with Gasteiger partial charge in [-0.15, -0.1) is 0 Å². The van der Waals surface area contributed by atoms with Crippen molar-refractivity contribution >= 4 is 61.9 Å². The van der Waals surface area contributed by atoms with E-state index in [0.29, 0.717) is 53.7 Å². The molecule has 2 atom stereocenters. The highest BCUT2D eigenvalue weighted by Crippen LogP contribution is 2.35. The number of hydrogen-bond acceptors (Lipinski definition) is 10. The maximum Gasteiger partial charge on any atom is 0.277 e. The largest absolute Gasteiger partial charge is 0.373 e. The minimum absolute atomic E-state index is 0.0162. The second kappa shape index (κ2) is 19.1. The van der Waals surface area contributed by atoms with Gasteiger partial charge in [0.1, 0.15) is 23.4 Å². The number of benzene rings is 2. The Balaban J connectivity index is 0.739. The third-order valence-corrected chi connectivity index (χ3v) is 13.6. The zero-order valence-corrected chi connectivity index (χ0v) is 36.0. The minimum atomic E-state index is -0.859. The highest BCUT2D eigenvalue weighted by Gasteiger charge is 2.31. The number of aryl methyl sites for hydroxylation is 1. The van der Waals surface area contributed by atoms with E-state index in [1.807, 2.05) is 12.3 Å². The molecule has 4 N–H and O–H groups in total. The van der Waals surface area contributed by atoms with Crippen molar-refractivity contribution in [3.63, 3.8) is 0 Å². The number of nitrogens with one attached hydrogen (secondary N) is 3. The number of imidazole rings is 1. The third-order valence-electron chi connectivity index (χ3n) is 13.1. The highest BCUT2D eigenvalue weighted by atomic mass is 79.9. The Morgan fingerprint density at radius 3 is 2.38 bits per heavy atom. The molecular formula is C44H54BrF2N9O5. The van der Waals surface area contributed by atoms with E-state index in [4.69, 9.17) is 4.84 Å². The SMILES string of the molecule is Cn1cnc2c(F)c(Nc3ccc(Br)cc3F)c(C(=O)NOCC(=O)N3CCC(CC4CCN(CC5CCN(c6cc(C7CCC(=O)NC7O)ccn6)CC5)CC4)CC3)cc21. The van der Waals surface area contributed by atoms with Crippen LogP contribution in [0.4, 0.5) is 26.0 Å². The van der Waals surface area contributed by atoms with Crippen molar-refractivity contribution in [3.8, 4) is 0 Å². The molecule has 4 fully saturated rings. The summed E-state index contributed by atoms with van der Waals surface area (Å²) in [5, 5.41) is 15.8. The summed E-state index contributed by atoms with van der Waals surface area (Å²) in [5.74, 6) is 0.150. The lowest BCUT2D eigenvalue weighted by Crippen LogP contribution is -2.44. The van der Waals surface area contributed by atoms with E-state index in [1.54, 1.807) is 22.6 Å². The molecule has 6 heterocycles. The molecule has 326 valence electrons. The Morgan fingerprint density at radius 1 is 0.934 bits per heavy atom. The number of piperidine rings is 4. The topological polar surface area (TPSA) is 157 Å². The molecule has 4 saturated heterocycles. The molecule has 4 aromatic rings. The van der Waals surface area contributed by atoms with Crippen LogP contribution in [0.5, 0.6) is 0 Å². The van der Waals surface area contributed by atoms with Crippen molar-refractivity contribution in [2.75, 3.05) is 62.6 Å². The van der Waals surface area contributed by atoms with Crippen LogP contribution in [-0.2, 0) is 21.5 Å². The number of amides is 3. The molecule has 3 amide bonds. The van der Waals surface area contributed by atoms with Gasteiger partial charge in [0.15, 0.2) is 12.4 Å². The van der Waals surface area contributed by atoms with Crippen molar-refractivity contribution in [2.45, 2.75) is 69.9 Å². The molecule has 0 spiro atoms. The average Bonchev–Trinajstić information content (AvgIpc) is 3.63. The van der Waals surface area contributed by atoms with Crippen LogP contribution in [0.2, 0.25) is 0 Å². The number of carbonyl (C=O) groups is 3. The molecule has 8 rings (SSSR count). The second-order valence-electron chi connectivity index (χ2n) is 17.1. The molecule has 2 aromatic carbocycles. The Kier molecular flexibility index (Phi) is 13.5. The molecule has 4 aliphatic heterocycles. The van der Waals surface area contributed by atoms with Gasteiger partial charge >= 0.3 is 0 Å². The molecule has 2 aromatic heterocycles. The van der Waals surface area contributed by atoms with Crippen LogP contribution in [0.15, 0.2) is 53.4 Å². The summed E-state index contributed by atoms with van der Waals surface area (Å²) in [4.78, 5) is 59.0. The summed E-state index contributed by atoms with van der Waals surface area (Å²) in [5.41, 5.74) is 3.25. The normalized spacial score (nSPS) is 21.2. The Hall–Kier alpha value is -4.71. The summed E-state index contributed by atoms with van der Waals surface area (Å²) < 4.78 is 32.5. The summed E-state index contributed by atoms with van der Waals surface area (Å²) >= 11 is 3.21. The van der Waals surface area contributed by atoms with E-state index in [9.17, 15) is 23.9 Å². The maximum absolute atomic E-state index is 15.7. The summed E-state index contributed by atoms with van der Waals surface area (Å²) in [6.45, 7) is 6.19. The first-order valence-electron chi connectivity index (χ1n) is 21.4. The molecule has 61 heavy (non-hydrogen) atoms. The molecule has 14 nitrogen and oxygen atoms in total. The number of aliphatic hydroxyl groups is 1. The number of anilines is 3.